The number of hydrogen-bond donors (Lipinski definition) is 1. The molecule has 1 aliphatic rings. The van der Waals surface area contributed by atoms with Gasteiger partial charge in [-0.25, -0.2) is 0 Å². The molecule has 0 radical (unpaired) electrons. The van der Waals surface area contributed by atoms with Crippen molar-refractivity contribution in [2.24, 2.45) is 10.2 Å². The number of nitrogens with zero attached hydrogens (tertiary/aromatic N) is 3. The van der Waals surface area contributed by atoms with E-state index in [1.165, 1.54) is 5.12 Å². The third-order valence-corrected chi connectivity index (χ3v) is 3.11. The quantitative estimate of drug-likeness (QED) is 0.660. The number of rotatable bonds is 5. The molecule has 0 aliphatic heterocycles. The standard InChI is InChI=1S/C16H19ClN4/c1-12(2)19-14-6-8-15(9-7-14)20-21(18-3)16-10-4-13(17)5-11-16/h4-8,10-12,19H,3,9H2,1-2H3/b20-15-. The topological polar surface area (TPSA) is 40.0 Å². The predicted octanol–water partition coefficient (Wildman–Crippen LogP) is 3.96. The SMILES string of the molecule is C=NN(/N=C1/C=CC(NC(C)C)=CC1)c1ccc(Cl)cc1. The molecule has 110 valence electrons. The third kappa shape index (κ3) is 4.46. The average molecular weight is 303 g/mol. The van der Waals surface area contributed by atoms with Crippen LogP contribution in [0.2, 0.25) is 5.02 Å². The Morgan fingerprint density at radius 2 is 1.95 bits per heavy atom. The van der Waals surface area contributed by atoms with Crippen molar-refractivity contribution in [1.29, 1.82) is 0 Å². The molecule has 1 N–H and O–H groups in total. The number of halogens is 1. The van der Waals surface area contributed by atoms with Crippen molar-refractivity contribution in [2.45, 2.75) is 26.3 Å². The summed E-state index contributed by atoms with van der Waals surface area (Å²) < 4.78 is 0. The molecule has 5 heteroatoms. The van der Waals surface area contributed by atoms with E-state index in [9.17, 15) is 0 Å². The fourth-order valence-electron chi connectivity index (χ4n) is 1.92. The first-order chi connectivity index (χ1) is 10.1. The Bertz CT molecular complexity index is 585. The zero-order chi connectivity index (χ0) is 15.2. The molecule has 0 atom stereocenters. The second kappa shape index (κ2) is 7.09. The van der Waals surface area contributed by atoms with Gasteiger partial charge in [0.1, 0.15) is 0 Å². The molecule has 1 aromatic rings. The van der Waals surface area contributed by atoms with Gasteiger partial charge >= 0.3 is 0 Å². The number of allylic oxidation sites excluding steroid dienone is 3. The summed E-state index contributed by atoms with van der Waals surface area (Å²) in [6, 6.07) is 7.73. The number of nitrogens with one attached hydrogen (secondary N) is 1. The summed E-state index contributed by atoms with van der Waals surface area (Å²) in [5.41, 5.74) is 2.87. The molecule has 0 spiro atoms. The van der Waals surface area contributed by atoms with Crippen molar-refractivity contribution in [2.75, 3.05) is 5.12 Å². The summed E-state index contributed by atoms with van der Waals surface area (Å²) in [5.74, 6) is 0. The van der Waals surface area contributed by atoms with Crippen molar-refractivity contribution >= 4 is 29.7 Å². The van der Waals surface area contributed by atoms with Gasteiger partial charge in [-0.05, 0) is 50.3 Å². The first-order valence-corrected chi connectivity index (χ1v) is 7.21. The smallest absolute Gasteiger partial charge is 0.0857 e. The zero-order valence-corrected chi connectivity index (χ0v) is 13.0. The minimum absolute atomic E-state index is 0.416. The van der Waals surface area contributed by atoms with E-state index >= 15 is 0 Å². The Balaban J connectivity index is 2.09. The van der Waals surface area contributed by atoms with E-state index in [1.54, 1.807) is 12.1 Å². The van der Waals surface area contributed by atoms with Crippen LogP contribution in [0.1, 0.15) is 20.3 Å². The lowest BCUT2D eigenvalue weighted by atomic mass is 10.1. The lowest BCUT2D eigenvalue weighted by Crippen LogP contribution is -2.22. The van der Waals surface area contributed by atoms with Crippen LogP contribution in [0.3, 0.4) is 0 Å². The Labute approximate surface area is 130 Å². The van der Waals surface area contributed by atoms with Gasteiger partial charge in [-0.3, -0.25) is 0 Å². The monoisotopic (exact) mass is 302 g/mol. The first kappa shape index (κ1) is 15.3. The second-order valence-corrected chi connectivity index (χ2v) is 5.43. The van der Waals surface area contributed by atoms with Crippen molar-refractivity contribution in [3.05, 3.63) is 53.2 Å². The van der Waals surface area contributed by atoms with Crippen LogP contribution in [-0.4, -0.2) is 18.5 Å². The molecule has 1 aliphatic carbocycles. The van der Waals surface area contributed by atoms with E-state index in [4.69, 9.17) is 11.6 Å². The van der Waals surface area contributed by atoms with E-state index in [-0.39, 0.29) is 0 Å². The Morgan fingerprint density at radius 3 is 2.48 bits per heavy atom. The number of anilines is 1. The minimum atomic E-state index is 0.416. The molecule has 0 fully saturated rings. The highest BCUT2D eigenvalue weighted by Gasteiger charge is 2.07. The summed E-state index contributed by atoms with van der Waals surface area (Å²) >= 11 is 5.88. The van der Waals surface area contributed by atoms with Crippen LogP contribution in [0.4, 0.5) is 5.69 Å². The molecule has 0 bridgehead atoms. The molecule has 0 heterocycles. The second-order valence-electron chi connectivity index (χ2n) is 4.99. The maximum atomic E-state index is 5.88. The van der Waals surface area contributed by atoms with Gasteiger partial charge in [-0.1, -0.05) is 17.7 Å². The lowest BCUT2D eigenvalue weighted by Gasteiger charge is -2.17. The molecule has 0 saturated heterocycles. The summed E-state index contributed by atoms with van der Waals surface area (Å²) in [6.07, 6.45) is 6.87. The van der Waals surface area contributed by atoms with E-state index in [0.717, 1.165) is 23.5 Å². The molecule has 0 saturated carbocycles. The van der Waals surface area contributed by atoms with Crippen LogP contribution in [0.15, 0.2) is 58.4 Å². The summed E-state index contributed by atoms with van der Waals surface area (Å²) in [6.45, 7) is 7.79. The maximum Gasteiger partial charge on any atom is 0.0857 e. The van der Waals surface area contributed by atoms with Gasteiger partial charge in [0.15, 0.2) is 0 Å². The largest absolute Gasteiger partial charge is 0.383 e. The van der Waals surface area contributed by atoms with Gasteiger partial charge in [0.25, 0.3) is 0 Å². The highest BCUT2D eigenvalue weighted by atomic mass is 35.5. The third-order valence-electron chi connectivity index (χ3n) is 2.86. The molecular formula is C16H19ClN4. The molecule has 0 amide bonds. The van der Waals surface area contributed by atoms with Crippen LogP contribution in [0.25, 0.3) is 0 Å². The summed E-state index contributed by atoms with van der Waals surface area (Å²) in [5, 5.41) is 14.0. The van der Waals surface area contributed by atoms with Gasteiger partial charge in [-0.15, -0.1) is 0 Å². The summed E-state index contributed by atoms with van der Waals surface area (Å²) in [7, 11) is 0. The molecule has 1 aromatic carbocycles. The lowest BCUT2D eigenvalue weighted by molar-refractivity contribution is 0.679. The molecule has 0 unspecified atom stereocenters. The van der Waals surface area contributed by atoms with Gasteiger partial charge in [0.2, 0.25) is 0 Å². The van der Waals surface area contributed by atoms with Crippen molar-refractivity contribution in [3.8, 4) is 0 Å². The van der Waals surface area contributed by atoms with Crippen molar-refractivity contribution in [1.82, 2.24) is 5.32 Å². The van der Waals surface area contributed by atoms with Gasteiger partial charge in [-0.2, -0.15) is 15.3 Å². The predicted molar refractivity (Wildman–Crippen MR) is 91.0 cm³/mol. The molecule has 4 nitrogen and oxygen atoms in total. The van der Waals surface area contributed by atoms with E-state index in [0.29, 0.717) is 11.1 Å². The minimum Gasteiger partial charge on any atom is -0.383 e. The average Bonchev–Trinajstić information content (AvgIpc) is 2.47. The van der Waals surface area contributed by atoms with Gasteiger partial charge < -0.3 is 5.32 Å². The van der Waals surface area contributed by atoms with Gasteiger partial charge in [0.05, 0.1) is 11.4 Å². The fourth-order valence-corrected chi connectivity index (χ4v) is 2.04. The molecule has 21 heavy (non-hydrogen) atoms. The van der Waals surface area contributed by atoms with E-state index in [1.807, 2.05) is 24.3 Å². The highest BCUT2D eigenvalue weighted by molar-refractivity contribution is 6.30. The van der Waals surface area contributed by atoms with E-state index < -0.39 is 0 Å². The molecule has 2 rings (SSSR count). The number of hydrogen-bond acceptors (Lipinski definition) is 4. The normalized spacial score (nSPS) is 16.0. The first-order valence-electron chi connectivity index (χ1n) is 6.83. The maximum absolute atomic E-state index is 5.88. The molecular weight excluding hydrogens is 284 g/mol. The van der Waals surface area contributed by atoms with Crippen LogP contribution < -0.4 is 10.4 Å². The Hall–Kier alpha value is -2.07. The van der Waals surface area contributed by atoms with Crippen LogP contribution in [0, 0.1) is 0 Å². The fraction of sp³-hybridized carbons (Fsp3) is 0.250. The van der Waals surface area contributed by atoms with Crippen LogP contribution in [0.5, 0.6) is 0 Å². The zero-order valence-electron chi connectivity index (χ0n) is 12.3. The number of hydrazone groups is 2. The Morgan fingerprint density at radius 1 is 1.24 bits per heavy atom. The van der Waals surface area contributed by atoms with E-state index in [2.05, 4.69) is 42.2 Å². The van der Waals surface area contributed by atoms with Crippen molar-refractivity contribution < 1.29 is 0 Å². The number of benzene rings is 1. The van der Waals surface area contributed by atoms with Crippen LogP contribution in [-0.2, 0) is 0 Å². The van der Waals surface area contributed by atoms with Crippen molar-refractivity contribution in [3.63, 3.8) is 0 Å². The molecule has 0 aromatic heterocycles. The van der Waals surface area contributed by atoms with Gasteiger partial charge in [0, 0.05) is 29.9 Å². The van der Waals surface area contributed by atoms with Crippen LogP contribution >= 0.6 is 11.6 Å². The Kier molecular flexibility index (Phi) is 5.17. The highest BCUT2D eigenvalue weighted by Crippen LogP contribution is 2.19. The summed E-state index contributed by atoms with van der Waals surface area (Å²) in [4.78, 5) is 0.